The van der Waals surface area contributed by atoms with Crippen molar-refractivity contribution in [3.05, 3.63) is 59.2 Å². The third-order valence-electron chi connectivity index (χ3n) is 3.26. The number of hydrogen-bond acceptors (Lipinski definition) is 2. The number of benzene rings is 2. The smallest absolute Gasteiger partial charge is 0.243 e. The highest BCUT2D eigenvalue weighted by molar-refractivity contribution is 5.93. The van der Waals surface area contributed by atoms with Gasteiger partial charge in [0.2, 0.25) is 5.91 Å². The van der Waals surface area contributed by atoms with Crippen molar-refractivity contribution >= 4 is 17.3 Å². The Bertz CT molecular complexity index is 620. The summed E-state index contributed by atoms with van der Waals surface area (Å²) >= 11 is 0. The van der Waals surface area contributed by atoms with Crippen LogP contribution in [0.15, 0.2) is 42.5 Å². The molecule has 2 N–H and O–H groups in total. The van der Waals surface area contributed by atoms with Gasteiger partial charge in [-0.05, 0) is 61.7 Å². The number of amides is 1. The first-order chi connectivity index (χ1) is 9.54. The van der Waals surface area contributed by atoms with Crippen LogP contribution < -0.4 is 10.6 Å². The molecule has 2 aromatic rings. The molecule has 0 bridgehead atoms. The molecule has 0 spiro atoms. The largest absolute Gasteiger partial charge is 0.376 e. The summed E-state index contributed by atoms with van der Waals surface area (Å²) in [7, 11) is 0. The molecule has 0 unspecified atom stereocenters. The van der Waals surface area contributed by atoms with E-state index in [1.165, 1.54) is 11.1 Å². The van der Waals surface area contributed by atoms with Gasteiger partial charge in [-0.2, -0.15) is 0 Å². The standard InChI is InChI=1S/C17H20N2O/c1-12-5-4-6-16(9-12)19-17(20)11-18-15-8-7-13(2)14(3)10-15/h4-10,18H,11H2,1-3H3,(H,19,20). The summed E-state index contributed by atoms with van der Waals surface area (Å²) < 4.78 is 0. The summed E-state index contributed by atoms with van der Waals surface area (Å²) in [6, 6.07) is 13.9. The molecule has 0 saturated heterocycles. The lowest BCUT2D eigenvalue weighted by Gasteiger charge is -2.09. The molecular weight excluding hydrogens is 248 g/mol. The van der Waals surface area contributed by atoms with Crippen LogP contribution >= 0.6 is 0 Å². The van der Waals surface area contributed by atoms with Crippen molar-refractivity contribution in [2.24, 2.45) is 0 Å². The minimum Gasteiger partial charge on any atom is -0.376 e. The lowest BCUT2D eigenvalue weighted by atomic mass is 10.1. The van der Waals surface area contributed by atoms with Gasteiger partial charge in [-0.15, -0.1) is 0 Å². The Morgan fingerprint density at radius 3 is 2.45 bits per heavy atom. The lowest BCUT2D eigenvalue weighted by Crippen LogP contribution is -2.21. The topological polar surface area (TPSA) is 41.1 Å². The molecule has 0 aliphatic heterocycles. The fourth-order valence-corrected chi connectivity index (χ4v) is 1.96. The molecule has 3 heteroatoms. The van der Waals surface area contributed by atoms with E-state index < -0.39 is 0 Å². The normalized spacial score (nSPS) is 10.2. The van der Waals surface area contributed by atoms with Crippen LogP contribution in [0.3, 0.4) is 0 Å². The molecule has 0 saturated carbocycles. The van der Waals surface area contributed by atoms with E-state index in [-0.39, 0.29) is 12.5 Å². The molecule has 1 amide bonds. The van der Waals surface area contributed by atoms with E-state index in [4.69, 9.17) is 0 Å². The highest BCUT2D eigenvalue weighted by Crippen LogP contribution is 2.14. The Morgan fingerprint density at radius 2 is 1.75 bits per heavy atom. The van der Waals surface area contributed by atoms with Gasteiger partial charge in [0.05, 0.1) is 6.54 Å². The van der Waals surface area contributed by atoms with Crippen LogP contribution in [-0.4, -0.2) is 12.5 Å². The van der Waals surface area contributed by atoms with Crippen molar-refractivity contribution in [1.82, 2.24) is 0 Å². The van der Waals surface area contributed by atoms with Gasteiger partial charge in [0.1, 0.15) is 0 Å². The van der Waals surface area contributed by atoms with Crippen molar-refractivity contribution in [2.45, 2.75) is 20.8 Å². The number of nitrogens with one attached hydrogen (secondary N) is 2. The zero-order valence-electron chi connectivity index (χ0n) is 12.2. The van der Waals surface area contributed by atoms with Crippen LogP contribution in [0.5, 0.6) is 0 Å². The third kappa shape index (κ3) is 3.85. The van der Waals surface area contributed by atoms with Crippen LogP contribution in [-0.2, 0) is 4.79 Å². The Labute approximate surface area is 120 Å². The van der Waals surface area contributed by atoms with Crippen molar-refractivity contribution in [2.75, 3.05) is 17.2 Å². The number of aryl methyl sites for hydroxylation is 3. The number of carbonyl (C=O) groups excluding carboxylic acids is 1. The predicted octanol–water partition coefficient (Wildman–Crippen LogP) is 3.66. The first-order valence-electron chi connectivity index (χ1n) is 6.72. The second-order valence-corrected chi connectivity index (χ2v) is 5.07. The van der Waals surface area contributed by atoms with Gasteiger partial charge in [0, 0.05) is 11.4 Å². The summed E-state index contributed by atoms with van der Waals surface area (Å²) in [5.41, 5.74) is 5.39. The second-order valence-electron chi connectivity index (χ2n) is 5.07. The molecule has 0 atom stereocenters. The number of anilines is 2. The van der Waals surface area contributed by atoms with Crippen LogP contribution in [0, 0.1) is 20.8 Å². The quantitative estimate of drug-likeness (QED) is 0.888. The molecular formula is C17H20N2O. The van der Waals surface area contributed by atoms with Gasteiger partial charge in [-0.3, -0.25) is 4.79 Å². The maximum atomic E-state index is 11.9. The van der Waals surface area contributed by atoms with Crippen molar-refractivity contribution in [1.29, 1.82) is 0 Å². The molecule has 3 nitrogen and oxygen atoms in total. The van der Waals surface area contributed by atoms with Crippen LogP contribution in [0.4, 0.5) is 11.4 Å². The Kier molecular flexibility index (Phi) is 4.41. The van der Waals surface area contributed by atoms with Gasteiger partial charge in [-0.25, -0.2) is 0 Å². The number of rotatable bonds is 4. The fraction of sp³-hybridized carbons (Fsp3) is 0.235. The molecule has 0 aromatic heterocycles. The van der Waals surface area contributed by atoms with Crippen LogP contribution in [0.2, 0.25) is 0 Å². The Balaban J connectivity index is 1.90. The van der Waals surface area contributed by atoms with Gasteiger partial charge in [0.25, 0.3) is 0 Å². The SMILES string of the molecule is Cc1cccc(NC(=O)CNc2ccc(C)c(C)c2)c1. The Hall–Kier alpha value is -2.29. The van der Waals surface area contributed by atoms with E-state index in [2.05, 4.69) is 36.6 Å². The van der Waals surface area contributed by atoms with Gasteiger partial charge in [0.15, 0.2) is 0 Å². The number of hydrogen-bond donors (Lipinski definition) is 2. The highest BCUT2D eigenvalue weighted by Gasteiger charge is 2.03. The van der Waals surface area contributed by atoms with Crippen molar-refractivity contribution in [3.63, 3.8) is 0 Å². The minimum atomic E-state index is -0.0474. The summed E-state index contributed by atoms with van der Waals surface area (Å²) in [6.45, 7) is 6.40. The summed E-state index contributed by atoms with van der Waals surface area (Å²) in [5, 5.41) is 6.01. The first-order valence-corrected chi connectivity index (χ1v) is 6.72. The van der Waals surface area contributed by atoms with Gasteiger partial charge >= 0.3 is 0 Å². The van der Waals surface area contributed by atoms with Gasteiger partial charge in [-0.1, -0.05) is 18.2 Å². The zero-order valence-corrected chi connectivity index (χ0v) is 12.2. The monoisotopic (exact) mass is 268 g/mol. The summed E-state index contributed by atoms with van der Waals surface area (Å²) in [4.78, 5) is 11.9. The molecule has 20 heavy (non-hydrogen) atoms. The van der Waals surface area contributed by atoms with E-state index in [1.807, 2.05) is 37.3 Å². The van der Waals surface area contributed by atoms with E-state index in [9.17, 15) is 4.79 Å². The molecule has 0 aliphatic carbocycles. The van der Waals surface area contributed by atoms with E-state index >= 15 is 0 Å². The zero-order chi connectivity index (χ0) is 14.5. The summed E-state index contributed by atoms with van der Waals surface area (Å²) in [6.07, 6.45) is 0. The molecule has 2 aromatic carbocycles. The van der Waals surface area contributed by atoms with Crippen molar-refractivity contribution in [3.8, 4) is 0 Å². The maximum absolute atomic E-state index is 11.9. The predicted molar refractivity (Wildman–Crippen MR) is 84.2 cm³/mol. The van der Waals surface area contributed by atoms with Crippen LogP contribution in [0.1, 0.15) is 16.7 Å². The van der Waals surface area contributed by atoms with E-state index in [0.29, 0.717) is 0 Å². The molecule has 104 valence electrons. The Morgan fingerprint density at radius 1 is 0.950 bits per heavy atom. The number of carbonyl (C=O) groups is 1. The first kappa shape index (κ1) is 14.1. The fourth-order valence-electron chi connectivity index (χ4n) is 1.96. The third-order valence-corrected chi connectivity index (χ3v) is 3.26. The second kappa shape index (κ2) is 6.24. The van der Waals surface area contributed by atoms with E-state index in [1.54, 1.807) is 0 Å². The lowest BCUT2D eigenvalue weighted by molar-refractivity contribution is -0.114. The maximum Gasteiger partial charge on any atom is 0.243 e. The molecule has 0 radical (unpaired) electrons. The summed E-state index contributed by atoms with van der Waals surface area (Å²) in [5.74, 6) is -0.0474. The molecule has 2 rings (SSSR count). The average molecular weight is 268 g/mol. The van der Waals surface area contributed by atoms with Gasteiger partial charge < -0.3 is 10.6 Å². The van der Waals surface area contributed by atoms with Crippen LogP contribution in [0.25, 0.3) is 0 Å². The van der Waals surface area contributed by atoms with E-state index in [0.717, 1.165) is 16.9 Å². The highest BCUT2D eigenvalue weighted by atomic mass is 16.1. The minimum absolute atomic E-state index is 0.0474. The molecule has 0 fully saturated rings. The average Bonchev–Trinajstić information content (AvgIpc) is 2.40. The van der Waals surface area contributed by atoms with Crippen molar-refractivity contribution < 1.29 is 4.79 Å². The molecule has 0 heterocycles. The molecule has 0 aliphatic rings.